The Labute approximate surface area is 346 Å². The van der Waals surface area contributed by atoms with Crippen LogP contribution in [0, 0.1) is 0 Å². The molecule has 0 aliphatic carbocycles. The van der Waals surface area contributed by atoms with E-state index < -0.39 is 0 Å². The minimum Gasteiger partial charge on any atom is -0.309 e. The number of para-hydroxylation sites is 3. The molecule has 0 spiro atoms. The maximum Gasteiger partial charge on any atom is 0.160 e. The predicted molar refractivity (Wildman–Crippen MR) is 250 cm³/mol. The molecule has 4 nitrogen and oxygen atoms in total. The minimum atomic E-state index is 0.692. The summed E-state index contributed by atoms with van der Waals surface area (Å²) in [4.78, 5) is 10.5. The van der Waals surface area contributed by atoms with Gasteiger partial charge in [0, 0.05) is 49.6 Å². The Balaban J connectivity index is 1.03. The van der Waals surface area contributed by atoms with Crippen LogP contribution in [0.25, 0.3) is 111 Å². The highest BCUT2D eigenvalue weighted by Crippen LogP contribution is 2.42. The minimum absolute atomic E-state index is 0.692. The lowest BCUT2D eigenvalue weighted by atomic mass is 10.0. The molecule has 0 N–H and O–H groups in total. The van der Waals surface area contributed by atoms with Crippen LogP contribution in [0.3, 0.4) is 0 Å². The number of hydrogen-bond acceptors (Lipinski definition) is 2. The molecule has 60 heavy (non-hydrogen) atoms. The quantitative estimate of drug-likeness (QED) is 0.169. The van der Waals surface area contributed by atoms with Crippen molar-refractivity contribution in [3.05, 3.63) is 218 Å². The Morgan fingerprint density at radius 1 is 0.283 bits per heavy atom. The summed E-state index contributed by atoms with van der Waals surface area (Å²) in [5.74, 6) is 0.692. The molecular weight excluding hydrogens is 729 g/mol. The average Bonchev–Trinajstić information content (AvgIpc) is 3.85. The third-order valence-corrected chi connectivity index (χ3v) is 11.9. The van der Waals surface area contributed by atoms with Crippen LogP contribution in [0.5, 0.6) is 0 Å². The van der Waals surface area contributed by atoms with Gasteiger partial charge >= 0.3 is 0 Å². The molecule has 12 aromatic rings. The first-order valence-electron chi connectivity index (χ1n) is 20.4. The van der Waals surface area contributed by atoms with E-state index in [1.54, 1.807) is 0 Å². The molecule has 9 aromatic carbocycles. The first-order valence-corrected chi connectivity index (χ1v) is 20.4. The molecule has 0 fully saturated rings. The standard InChI is InChI=1S/C56H36N4/c1-4-15-37(16-5-1)40-19-14-20-41(33-40)49-36-48(39-17-6-2-7-18-39)57-56(58-49)42-28-27-38-29-30-45(35-43(38)34-42)60-51-26-13-11-24-47(51)55-53(60)32-31-52-54(55)46-23-10-12-25-50(46)59(52)44-21-8-3-9-22-44/h1-36H. The summed E-state index contributed by atoms with van der Waals surface area (Å²) in [6, 6.07) is 77.9. The van der Waals surface area contributed by atoms with Crippen LogP contribution in [0.1, 0.15) is 0 Å². The zero-order valence-electron chi connectivity index (χ0n) is 32.6. The van der Waals surface area contributed by atoms with Gasteiger partial charge in [0.25, 0.3) is 0 Å². The van der Waals surface area contributed by atoms with Gasteiger partial charge in [-0.05, 0) is 88.6 Å². The van der Waals surface area contributed by atoms with Gasteiger partial charge in [-0.25, -0.2) is 9.97 Å². The molecule has 0 aliphatic rings. The summed E-state index contributed by atoms with van der Waals surface area (Å²) in [5.41, 5.74) is 14.2. The molecule has 3 aromatic heterocycles. The lowest BCUT2D eigenvalue weighted by Crippen LogP contribution is -1.97. The normalized spacial score (nSPS) is 11.7. The van der Waals surface area contributed by atoms with Gasteiger partial charge in [-0.3, -0.25) is 0 Å². The molecule has 0 saturated carbocycles. The van der Waals surface area contributed by atoms with E-state index >= 15 is 0 Å². The van der Waals surface area contributed by atoms with E-state index in [0.717, 1.165) is 55.8 Å². The molecule has 0 bridgehead atoms. The zero-order chi connectivity index (χ0) is 39.6. The molecule has 280 valence electrons. The van der Waals surface area contributed by atoms with Crippen LogP contribution in [0.2, 0.25) is 0 Å². The van der Waals surface area contributed by atoms with Crippen LogP contribution in [-0.4, -0.2) is 19.1 Å². The van der Waals surface area contributed by atoms with E-state index in [0.29, 0.717) is 5.82 Å². The third kappa shape index (κ3) is 5.53. The fourth-order valence-corrected chi connectivity index (χ4v) is 9.13. The van der Waals surface area contributed by atoms with Crippen LogP contribution in [0.4, 0.5) is 0 Å². The molecule has 0 unspecified atom stereocenters. The number of nitrogens with zero attached hydrogens (tertiary/aromatic N) is 4. The molecule has 0 atom stereocenters. The van der Waals surface area contributed by atoms with Crippen molar-refractivity contribution in [3.8, 4) is 56.4 Å². The van der Waals surface area contributed by atoms with Gasteiger partial charge in [0.05, 0.1) is 33.5 Å². The summed E-state index contributed by atoms with van der Waals surface area (Å²) >= 11 is 0. The highest BCUT2D eigenvalue weighted by Gasteiger charge is 2.21. The van der Waals surface area contributed by atoms with Crippen LogP contribution in [0.15, 0.2) is 218 Å². The molecule has 12 rings (SSSR count). The maximum atomic E-state index is 5.25. The van der Waals surface area contributed by atoms with Gasteiger partial charge in [0.1, 0.15) is 0 Å². The Bertz CT molecular complexity index is 3580. The number of fused-ring (bicyclic) bond motifs is 8. The molecule has 0 aliphatic heterocycles. The van der Waals surface area contributed by atoms with Gasteiger partial charge in [0.2, 0.25) is 0 Å². The van der Waals surface area contributed by atoms with Crippen LogP contribution >= 0.6 is 0 Å². The van der Waals surface area contributed by atoms with Crippen LogP contribution < -0.4 is 0 Å². The van der Waals surface area contributed by atoms with Gasteiger partial charge in [-0.2, -0.15) is 0 Å². The first-order chi connectivity index (χ1) is 29.7. The van der Waals surface area contributed by atoms with Crippen molar-refractivity contribution in [3.63, 3.8) is 0 Å². The maximum absolute atomic E-state index is 5.25. The number of rotatable bonds is 6. The Kier molecular flexibility index (Phi) is 7.82. The number of benzene rings is 9. The zero-order valence-corrected chi connectivity index (χ0v) is 32.6. The second-order valence-corrected chi connectivity index (χ2v) is 15.4. The summed E-state index contributed by atoms with van der Waals surface area (Å²) in [7, 11) is 0. The first kappa shape index (κ1) is 34.0. The highest BCUT2D eigenvalue weighted by molar-refractivity contribution is 6.29. The van der Waals surface area contributed by atoms with Gasteiger partial charge in [0.15, 0.2) is 5.82 Å². The SMILES string of the molecule is c1ccc(-c2cccc(-c3cc(-c4ccccc4)nc(-c4ccc5ccc(-n6c7ccccc7c7c8c9ccccc9n(-c9ccccc9)c8ccc76)cc5c4)n3)c2)cc1. The smallest absolute Gasteiger partial charge is 0.160 e. The molecule has 3 heterocycles. The van der Waals surface area contributed by atoms with Crippen molar-refractivity contribution >= 4 is 54.4 Å². The molecule has 0 saturated heterocycles. The van der Waals surface area contributed by atoms with E-state index in [9.17, 15) is 0 Å². The van der Waals surface area contributed by atoms with Crippen molar-refractivity contribution in [2.24, 2.45) is 0 Å². The van der Waals surface area contributed by atoms with Crippen molar-refractivity contribution in [1.29, 1.82) is 0 Å². The van der Waals surface area contributed by atoms with Crippen molar-refractivity contribution in [1.82, 2.24) is 19.1 Å². The second kappa shape index (κ2) is 13.8. The van der Waals surface area contributed by atoms with E-state index in [-0.39, 0.29) is 0 Å². The van der Waals surface area contributed by atoms with Crippen LogP contribution in [-0.2, 0) is 0 Å². The number of hydrogen-bond donors (Lipinski definition) is 0. The second-order valence-electron chi connectivity index (χ2n) is 15.4. The summed E-state index contributed by atoms with van der Waals surface area (Å²) < 4.78 is 4.82. The molecule has 0 amide bonds. The molecular formula is C56H36N4. The molecule has 4 heteroatoms. The fraction of sp³-hybridized carbons (Fsp3) is 0. The largest absolute Gasteiger partial charge is 0.309 e. The average molecular weight is 765 g/mol. The van der Waals surface area contributed by atoms with Gasteiger partial charge in [-0.1, -0.05) is 152 Å². The Morgan fingerprint density at radius 2 is 0.817 bits per heavy atom. The van der Waals surface area contributed by atoms with Gasteiger partial charge < -0.3 is 9.13 Å². The predicted octanol–water partition coefficient (Wildman–Crippen LogP) is 14.5. The lowest BCUT2D eigenvalue weighted by molar-refractivity contribution is 1.17. The third-order valence-electron chi connectivity index (χ3n) is 11.9. The number of aromatic nitrogens is 4. The van der Waals surface area contributed by atoms with E-state index in [1.807, 2.05) is 6.07 Å². The summed E-state index contributed by atoms with van der Waals surface area (Å²) in [6.07, 6.45) is 0. The Morgan fingerprint density at radius 3 is 1.50 bits per heavy atom. The van der Waals surface area contributed by atoms with Crippen molar-refractivity contribution < 1.29 is 0 Å². The Hall–Kier alpha value is -8.08. The van der Waals surface area contributed by atoms with E-state index in [4.69, 9.17) is 9.97 Å². The highest BCUT2D eigenvalue weighted by atomic mass is 15.0. The lowest BCUT2D eigenvalue weighted by Gasteiger charge is -2.12. The van der Waals surface area contributed by atoms with E-state index in [2.05, 4.69) is 221 Å². The topological polar surface area (TPSA) is 35.6 Å². The van der Waals surface area contributed by atoms with Crippen molar-refractivity contribution in [2.45, 2.75) is 0 Å². The monoisotopic (exact) mass is 764 g/mol. The summed E-state index contributed by atoms with van der Waals surface area (Å²) in [6.45, 7) is 0. The van der Waals surface area contributed by atoms with Crippen molar-refractivity contribution in [2.75, 3.05) is 0 Å². The molecule has 0 radical (unpaired) electrons. The fourth-order valence-electron chi connectivity index (χ4n) is 9.13. The van der Waals surface area contributed by atoms with Gasteiger partial charge in [-0.15, -0.1) is 0 Å². The summed E-state index contributed by atoms with van der Waals surface area (Å²) in [5, 5.41) is 7.30. The van der Waals surface area contributed by atoms with E-state index in [1.165, 1.54) is 49.2 Å².